The summed E-state index contributed by atoms with van der Waals surface area (Å²) in [7, 11) is 0. The first-order valence-electron chi connectivity index (χ1n) is 9.24. The lowest BCUT2D eigenvalue weighted by Crippen LogP contribution is -2.47. The van der Waals surface area contributed by atoms with Crippen LogP contribution in [0.4, 0.5) is 0 Å². The van der Waals surface area contributed by atoms with Crippen LogP contribution in [0.3, 0.4) is 0 Å². The molecule has 1 spiro atoms. The summed E-state index contributed by atoms with van der Waals surface area (Å²) in [4.78, 5) is 29.7. The Labute approximate surface area is 155 Å². The summed E-state index contributed by atoms with van der Waals surface area (Å²) in [6.07, 6.45) is 3.90. The number of aromatic nitrogens is 4. The third-order valence-electron chi connectivity index (χ3n) is 5.74. The molecule has 140 valence electrons. The number of carbonyl (C=O) groups excluding carboxylic acids is 1. The largest absolute Gasteiger partial charge is 0.363 e. The van der Waals surface area contributed by atoms with Crippen LogP contribution in [-0.2, 0) is 29.1 Å². The van der Waals surface area contributed by atoms with Gasteiger partial charge < -0.3 is 14.6 Å². The van der Waals surface area contributed by atoms with E-state index in [0.717, 1.165) is 17.5 Å². The van der Waals surface area contributed by atoms with Gasteiger partial charge in [0.1, 0.15) is 12.2 Å². The Morgan fingerprint density at radius 2 is 2.19 bits per heavy atom. The van der Waals surface area contributed by atoms with Gasteiger partial charge in [0.25, 0.3) is 0 Å². The number of hydrogen-bond acceptors (Lipinski definition) is 4. The molecule has 0 saturated carbocycles. The molecule has 2 N–H and O–H groups in total. The van der Waals surface area contributed by atoms with E-state index < -0.39 is 5.60 Å². The Morgan fingerprint density at radius 3 is 3.11 bits per heavy atom. The maximum absolute atomic E-state index is 12.7. The fourth-order valence-corrected chi connectivity index (χ4v) is 4.22. The zero-order valence-electron chi connectivity index (χ0n) is 14.9. The summed E-state index contributed by atoms with van der Waals surface area (Å²) >= 11 is 0. The summed E-state index contributed by atoms with van der Waals surface area (Å²) in [5.41, 5.74) is 1.57. The lowest BCUT2D eigenvalue weighted by Gasteiger charge is -2.33. The van der Waals surface area contributed by atoms with Crippen molar-refractivity contribution in [1.82, 2.24) is 24.6 Å². The normalized spacial score (nSPS) is 21.9. The molecule has 4 heterocycles. The molecule has 2 aliphatic heterocycles. The topological polar surface area (TPSA) is 96.0 Å². The Kier molecular flexibility index (Phi) is 3.68. The quantitative estimate of drug-likeness (QED) is 0.727. The van der Waals surface area contributed by atoms with E-state index in [0.29, 0.717) is 44.9 Å². The second kappa shape index (κ2) is 6.09. The molecule has 8 nitrogen and oxygen atoms in total. The van der Waals surface area contributed by atoms with Crippen molar-refractivity contribution in [2.75, 3.05) is 13.1 Å². The fraction of sp³-hybridized carbons (Fsp3) is 0.421. The number of aromatic amines is 2. The number of aryl methyl sites for hydroxylation is 1. The highest BCUT2D eigenvalue weighted by Crippen LogP contribution is 2.31. The Balaban J connectivity index is 1.25. The molecule has 2 aromatic heterocycles. The maximum atomic E-state index is 12.7. The first kappa shape index (κ1) is 16.3. The van der Waals surface area contributed by atoms with Gasteiger partial charge in [0.15, 0.2) is 5.82 Å². The number of rotatable bonds is 3. The second-order valence-corrected chi connectivity index (χ2v) is 7.43. The Hall–Kier alpha value is -2.87. The Morgan fingerprint density at radius 1 is 1.30 bits per heavy atom. The van der Waals surface area contributed by atoms with Crippen molar-refractivity contribution in [1.29, 1.82) is 0 Å². The van der Waals surface area contributed by atoms with E-state index in [1.165, 1.54) is 5.39 Å². The van der Waals surface area contributed by atoms with Gasteiger partial charge in [0.2, 0.25) is 5.91 Å². The van der Waals surface area contributed by atoms with E-state index in [-0.39, 0.29) is 11.6 Å². The number of H-pyrrole nitrogens is 2. The van der Waals surface area contributed by atoms with Gasteiger partial charge in [-0.05, 0) is 24.5 Å². The molecule has 0 aliphatic carbocycles. The van der Waals surface area contributed by atoms with Crippen molar-refractivity contribution in [3.05, 3.63) is 52.3 Å². The molecule has 1 unspecified atom stereocenters. The first-order valence-corrected chi connectivity index (χ1v) is 9.24. The van der Waals surface area contributed by atoms with E-state index in [2.05, 4.69) is 21.2 Å². The van der Waals surface area contributed by atoms with Gasteiger partial charge in [-0.3, -0.25) is 9.36 Å². The van der Waals surface area contributed by atoms with Crippen molar-refractivity contribution in [3.63, 3.8) is 0 Å². The predicted molar refractivity (Wildman–Crippen MR) is 98.2 cm³/mol. The van der Waals surface area contributed by atoms with E-state index >= 15 is 0 Å². The number of para-hydroxylation sites is 1. The van der Waals surface area contributed by atoms with Crippen LogP contribution in [0, 0.1) is 0 Å². The lowest BCUT2D eigenvalue weighted by molar-refractivity contribution is -0.133. The highest BCUT2D eigenvalue weighted by atomic mass is 16.5. The van der Waals surface area contributed by atoms with Crippen molar-refractivity contribution in [3.8, 4) is 0 Å². The van der Waals surface area contributed by atoms with Crippen molar-refractivity contribution >= 4 is 16.8 Å². The third kappa shape index (κ3) is 2.76. The Bertz CT molecular complexity index is 1060. The van der Waals surface area contributed by atoms with Gasteiger partial charge in [-0.25, -0.2) is 9.89 Å². The smallest absolute Gasteiger partial charge is 0.343 e. The number of nitrogens with zero attached hydrogens (tertiary/aromatic N) is 3. The van der Waals surface area contributed by atoms with Crippen LogP contribution in [-0.4, -0.2) is 49.2 Å². The maximum Gasteiger partial charge on any atom is 0.343 e. The van der Waals surface area contributed by atoms with Crippen LogP contribution in [0.2, 0.25) is 0 Å². The SMILES string of the molecule is O=C(CCc1c[nH]c2ccccc12)N1CCC2(C1)Cn1c(n[nH]c1=O)CO2. The predicted octanol–water partition coefficient (Wildman–Crippen LogP) is 1.19. The van der Waals surface area contributed by atoms with Crippen LogP contribution in [0.5, 0.6) is 0 Å². The summed E-state index contributed by atoms with van der Waals surface area (Å²) in [6.45, 7) is 1.94. The first-order chi connectivity index (χ1) is 13.1. The molecule has 0 radical (unpaired) electrons. The summed E-state index contributed by atoms with van der Waals surface area (Å²) in [5, 5.41) is 7.60. The van der Waals surface area contributed by atoms with Gasteiger partial charge in [-0.1, -0.05) is 18.2 Å². The molecule has 1 atom stereocenters. The average molecular weight is 367 g/mol. The summed E-state index contributed by atoms with van der Waals surface area (Å²) in [5.74, 6) is 0.751. The van der Waals surface area contributed by atoms with Gasteiger partial charge in [0.05, 0.1) is 13.1 Å². The number of amides is 1. The molecule has 1 amide bonds. The van der Waals surface area contributed by atoms with Crippen molar-refractivity contribution in [2.24, 2.45) is 0 Å². The molecule has 0 bridgehead atoms. The van der Waals surface area contributed by atoms with Crippen LogP contribution in [0.1, 0.15) is 24.2 Å². The molecule has 3 aromatic rings. The molecule has 5 rings (SSSR count). The number of fused-ring (bicyclic) bond motifs is 2. The number of carbonyl (C=O) groups is 1. The molecular weight excluding hydrogens is 346 g/mol. The highest BCUT2D eigenvalue weighted by Gasteiger charge is 2.44. The standard InChI is InChI=1S/C19H21N5O3/c25-17(6-5-13-9-20-15-4-2-1-3-14(13)15)23-8-7-19(11-23)12-24-16(10-27-19)21-22-18(24)26/h1-4,9,20H,5-8,10-12H2,(H,22,26). The number of likely N-dealkylation sites (tertiary alicyclic amines) is 1. The second-order valence-electron chi connectivity index (χ2n) is 7.43. The lowest BCUT2D eigenvalue weighted by atomic mass is 10.0. The third-order valence-corrected chi connectivity index (χ3v) is 5.74. The van der Waals surface area contributed by atoms with E-state index in [1.54, 1.807) is 4.57 Å². The van der Waals surface area contributed by atoms with E-state index in [4.69, 9.17) is 4.74 Å². The van der Waals surface area contributed by atoms with Crippen LogP contribution in [0.25, 0.3) is 10.9 Å². The average Bonchev–Trinajstić information content (AvgIpc) is 3.39. The minimum atomic E-state index is -0.475. The molecule has 1 saturated heterocycles. The summed E-state index contributed by atoms with van der Waals surface area (Å²) in [6, 6.07) is 8.13. The van der Waals surface area contributed by atoms with Crippen LogP contribution in [0.15, 0.2) is 35.3 Å². The molecule has 2 aliphatic rings. The van der Waals surface area contributed by atoms with Crippen LogP contribution < -0.4 is 5.69 Å². The number of ether oxygens (including phenoxy) is 1. The van der Waals surface area contributed by atoms with Crippen molar-refractivity contribution in [2.45, 2.75) is 38.0 Å². The molecule has 1 aromatic carbocycles. The summed E-state index contributed by atoms with van der Waals surface area (Å²) < 4.78 is 7.64. The molecule has 8 heteroatoms. The van der Waals surface area contributed by atoms with Gasteiger partial charge in [-0.2, -0.15) is 5.10 Å². The van der Waals surface area contributed by atoms with Gasteiger partial charge in [0, 0.05) is 30.1 Å². The zero-order valence-corrected chi connectivity index (χ0v) is 14.9. The minimum Gasteiger partial charge on any atom is -0.363 e. The number of hydrogen-bond donors (Lipinski definition) is 2. The van der Waals surface area contributed by atoms with E-state index in [1.807, 2.05) is 29.3 Å². The molecule has 1 fully saturated rings. The molecule has 27 heavy (non-hydrogen) atoms. The van der Waals surface area contributed by atoms with Crippen LogP contribution >= 0.6 is 0 Å². The van der Waals surface area contributed by atoms with Gasteiger partial charge >= 0.3 is 5.69 Å². The fourth-order valence-electron chi connectivity index (χ4n) is 4.22. The number of nitrogens with one attached hydrogen (secondary N) is 2. The highest BCUT2D eigenvalue weighted by molar-refractivity contribution is 5.84. The van der Waals surface area contributed by atoms with Gasteiger partial charge in [-0.15, -0.1) is 0 Å². The molecular formula is C19H21N5O3. The minimum absolute atomic E-state index is 0.131. The van der Waals surface area contributed by atoms with Crippen molar-refractivity contribution < 1.29 is 9.53 Å². The monoisotopic (exact) mass is 367 g/mol. The number of benzene rings is 1. The van der Waals surface area contributed by atoms with E-state index in [9.17, 15) is 9.59 Å². The zero-order chi connectivity index (χ0) is 18.4.